The van der Waals surface area contributed by atoms with Crippen molar-refractivity contribution in [1.82, 2.24) is 10.3 Å². The second-order valence-corrected chi connectivity index (χ2v) is 4.29. The number of aromatic nitrogens is 1. The fourth-order valence-corrected chi connectivity index (χ4v) is 2.04. The van der Waals surface area contributed by atoms with Gasteiger partial charge in [0.15, 0.2) is 0 Å². The molecule has 0 aromatic carbocycles. The number of carbonyl (C=O) groups is 1. The standard InChI is InChI=1S/C12H17N3O2/c1-8-6-13-7-9(8)11(16)15-10-4-3-5-14-12(10)17-2/h3-5,8-9,13H,6-7H2,1-2H3,(H,15,16)/t8-,9-/m1/s1. The van der Waals surface area contributed by atoms with E-state index in [2.05, 4.69) is 22.5 Å². The summed E-state index contributed by atoms with van der Waals surface area (Å²) < 4.78 is 5.09. The SMILES string of the molecule is COc1ncccc1NC(=O)[C@@H]1CNC[C@H]1C. The van der Waals surface area contributed by atoms with Crippen LogP contribution in [0.25, 0.3) is 0 Å². The molecule has 2 rings (SSSR count). The summed E-state index contributed by atoms with van der Waals surface area (Å²) in [6.07, 6.45) is 1.63. The van der Waals surface area contributed by atoms with Gasteiger partial charge in [-0.3, -0.25) is 4.79 Å². The van der Waals surface area contributed by atoms with E-state index in [1.165, 1.54) is 7.11 Å². The first-order chi connectivity index (χ1) is 8.22. The van der Waals surface area contributed by atoms with Crippen LogP contribution < -0.4 is 15.4 Å². The Balaban J connectivity index is 2.07. The lowest BCUT2D eigenvalue weighted by Crippen LogP contribution is -2.28. The molecule has 1 aliphatic heterocycles. The molecule has 5 nitrogen and oxygen atoms in total. The number of amides is 1. The molecule has 1 aliphatic rings. The van der Waals surface area contributed by atoms with Crippen molar-refractivity contribution < 1.29 is 9.53 Å². The zero-order valence-electron chi connectivity index (χ0n) is 10.1. The fraction of sp³-hybridized carbons (Fsp3) is 0.500. The topological polar surface area (TPSA) is 63.2 Å². The summed E-state index contributed by atoms with van der Waals surface area (Å²) in [6.45, 7) is 3.70. The van der Waals surface area contributed by atoms with E-state index in [0.717, 1.165) is 13.1 Å². The van der Waals surface area contributed by atoms with Crippen LogP contribution in [0.3, 0.4) is 0 Å². The van der Waals surface area contributed by atoms with E-state index in [4.69, 9.17) is 4.74 Å². The van der Waals surface area contributed by atoms with Gasteiger partial charge in [0.05, 0.1) is 13.0 Å². The van der Waals surface area contributed by atoms with Crippen LogP contribution in [-0.2, 0) is 4.79 Å². The molecule has 2 atom stereocenters. The average molecular weight is 235 g/mol. The lowest BCUT2D eigenvalue weighted by molar-refractivity contribution is -0.120. The van der Waals surface area contributed by atoms with Crippen LogP contribution in [-0.4, -0.2) is 31.1 Å². The van der Waals surface area contributed by atoms with E-state index in [1.807, 2.05) is 0 Å². The highest BCUT2D eigenvalue weighted by atomic mass is 16.5. The van der Waals surface area contributed by atoms with Gasteiger partial charge in [-0.05, 0) is 24.6 Å². The first-order valence-electron chi connectivity index (χ1n) is 5.73. The van der Waals surface area contributed by atoms with Crippen LogP contribution in [0.2, 0.25) is 0 Å². The Morgan fingerprint density at radius 1 is 1.59 bits per heavy atom. The molecule has 1 aromatic rings. The van der Waals surface area contributed by atoms with Gasteiger partial charge >= 0.3 is 0 Å². The minimum Gasteiger partial charge on any atom is -0.480 e. The quantitative estimate of drug-likeness (QED) is 0.816. The second-order valence-electron chi connectivity index (χ2n) is 4.29. The Morgan fingerprint density at radius 3 is 3.06 bits per heavy atom. The molecular formula is C12H17N3O2. The minimum atomic E-state index is 0.0138. The predicted molar refractivity (Wildman–Crippen MR) is 64.9 cm³/mol. The van der Waals surface area contributed by atoms with Crippen LogP contribution in [0.5, 0.6) is 5.88 Å². The van der Waals surface area contributed by atoms with Gasteiger partial charge in [0.2, 0.25) is 11.8 Å². The molecule has 17 heavy (non-hydrogen) atoms. The Morgan fingerprint density at radius 2 is 2.41 bits per heavy atom. The summed E-state index contributed by atoms with van der Waals surface area (Å²) >= 11 is 0. The third-order valence-electron chi connectivity index (χ3n) is 3.08. The number of ether oxygens (including phenoxy) is 1. The number of hydrogen-bond donors (Lipinski definition) is 2. The maximum Gasteiger partial charge on any atom is 0.237 e. The minimum absolute atomic E-state index is 0.0138. The molecule has 0 spiro atoms. The van der Waals surface area contributed by atoms with E-state index in [0.29, 0.717) is 17.5 Å². The molecule has 92 valence electrons. The maximum absolute atomic E-state index is 12.1. The Bertz CT molecular complexity index is 408. The van der Waals surface area contributed by atoms with Gasteiger partial charge in [0, 0.05) is 12.7 Å². The number of nitrogens with one attached hydrogen (secondary N) is 2. The normalized spacial score (nSPS) is 23.4. The summed E-state index contributed by atoms with van der Waals surface area (Å²) in [7, 11) is 1.54. The van der Waals surface area contributed by atoms with E-state index >= 15 is 0 Å². The Hall–Kier alpha value is -1.62. The lowest BCUT2D eigenvalue weighted by atomic mass is 9.97. The van der Waals surface area contributed by atoms with Crippen LogP contribution in [0.4, 0.5) is 5.69 Å². The largest absolute Gasteiger partial charge is 0.480 e. The van der Waals surface area contributed by atoms with E-state index < -0.39 is 0 Å². The molecule has 1 amide bonds. The van der Waals surface area contributed by atoms with Crippen molar-refractivity contribution >= 4 is 11.6 Å². The molecule has 0 saturated carbocycles. The van der Waals surface area contributed by atoms with Crippen molar-refractivity contribution in [2.24, 2.45) is 11.8 Å². The molecule has 0 radical (unpaired) electrons. The third kappa shape index (κ3) is 2.55. The number of methoxy groups -OCH3 is 1. The van der Waals surface area contributed by atoms with Gasteiger partial charge in [-0.25, -0.2) is 4.98 Å². The van der Waals surface area contributed by atoms with Crippen molar-refractivity contribution in [2.75, 3.05) is 25.5 Å². The lowest BCUT2D eigenvalue weighted by Gasteiger charge is -2.15. The summed E-state index contributed by atoms with van der Waals surface area (Å²) in [4.78, 5) is 16.1. The summed E-state index contributed by atoms with van der Waals surface area (Å²) in [5.74, 6) is 0.839. The molecule has 2 N–H and O–H groups in total. The maximum atomic E-state index is 12.1. The van der Waals surface area contributed by atoms with Gasteiger partial charge < -0.3 is 15.4 Å². The van der Waals surface area contributed by atoms with E-state index in [-0.39, 0.29) is 11.8 Å². The number of carbonyl (C=O) groups excluding carboxylic acids is 1. The molecular weight excluding hydrogens is 218 g/mol. The van der Waals surface area contributed by atoms with Gasteiger partial charge in [0.1, 0.15) is 5.69 Å². The fourth-order valence-electron chi connectivity index (χ4n) is 2.04. The first-order valence-corrected chi connectivity index (χ1v) is 5.73. The molecule has 1 aromatic heterocycles. The highest BCUT2D eigenvalue weighted by molar-refractivity contribution is 5.94. The summed E-state index contributed by atoms with van der Waals surface area (Å²) in [5.41, 5.74) is 0.624. The number of anilines is 1. The monoisotopic (exact) mass is 235 g/mol. The number of nitrogens with zero attached hydrogens (tertiary/aromatic N) is 1. The van der Waals surface area contributed by atoms with Crippen molar-refractivity contribution in [3.05, 3.63) is 18.3 Å². The summed E-state index contributed by atoms with van der Waals surface area (Å²) in [5, 5.41) is 6.08. The highest BCUT2D eigenvalue weighted by Crippen LogP contribution is 2.23. The summed E-state index contributed by atoms with van der Waals surface area (Å²) in [6, 6.07) is 3.56. The predicted octanol–water partition coefficient (Wildman–Crippen LogP) is 0.884. The van der Waals surface area contributed by atoms with Crippen LogP contribution >= 0.6 is 0 Å². The molecule has 2 heterocycles. The number of hydrogen-bond acceptors (Lipinski definition) is 4. The number of pyridine rings is 1. The van der Waals surface area contributed by atoms with Crippen LogP contribution in [0.15, 0.2) is 18.3 Å². The van der Waals surface area contributed by atoms with E-state index in [1.54, 1.807) is 18.3 Å². The second kappa shape index (κ2) is 5.14. The molecule has 1 fully saturated rings. The van der Waals surface area contributed by atoms with E-state index in [9.17, 15) is 4.79 Å². The molecule has 0 aliphatic carbocycles. The third-order valence-corrected chi connectivity index (χ3v) is 3.08. The van der Waals surface area contributed by atoms with Crippen molar-refractivity contribution in [3.63, 3.8) is 0 Å². The van der Waals surface area contributed by atoms with Crippen LogP contribution in [0.1, 0.15) is 6.92 Å². The zero-order valence-corrected chi connectivity index (χ0v) is 10.1. The van der Waals surface area contributed by atoms with Gasteiger partial charge in [-0.2, -0.15) is 0 Å². The molecule has 5 heteroatoms. The first kappa shape index (κ1) is 11.9. The van der Waals surface area contributed by atoms with Crippen molar-refractivity contribution in [2.45, 2.75) is 6.92 Å². The average Bonchev–Trinajstić information content (AvgIpc) is 2.76. The van der Waals surface area contributed by atoms with Crippen molar-refractivity contribution in [3.8, 4) is 5.88 Å². The molecule has 0 unspecified atom stereocenters. The highest BCUT2D eigenvalue weighted by Gasteiger charge is 2.29. The van der Waals surface area contributed by atoms with Gasteiger partial charge in [0.25, 0.3) is 0 Å². The van der Waals surface area contributed by atoms with Crippen molar-refractivity contribution in [1.29, 1.82) is 0 Å². The molecule has 0 bridgehead atoms. The van der Waals surface area contributed by atoms with Crippen LogP contribution in [0, 0.1) is 11.8 Å². The van der Waals surface area contributed by atoms with Gasteiger partial charge in [-0.15, -0.1) is 0 Å². The number of rotatable bonds is 3. The van der Waals surface area contributed by atoms with Gasteiger partial charge in [-0.1, -0.05) is 6.92 Å². The smallest absolute Gasteiger partial charge is 0.237 e. The Labute approximate surface area is 101 Å². The zero-order chi connectivity index (χ0) is 12.3. The Kier molecular flexibility index (Phi) is 3.58. The molecule has 1 saturated heterocycles.